The molecule has 100 valence electrons. The Morgan fingerprint density at radius 2 is 2.11 bits per heavy atom. The summed E-state index contributed by atoms with van der Waals surface area (Å²) < 4.78 is 40.2. The summed E-state index contributed by atoms with van der Waals surface area (Å²) in [6.07, 6.45) is 1.48. The lowest BCUT2D eigenvalue weighted by molar-refractivity contribution is 0.555. The van der Waals surface area contributed by atoms with Gasteiger partial charge in [-0.2, -0.15) is 10.2 Å². The van der Waals surface area contributed by atoms with Crippen LogP contribution in [-0.2, 0) is 16.6 Å². The quantitative estimate of drug-likeness (QED) is 0.917. The second-order valence-electron chi connectivity index (χ2n) is 3.61. The van der Waals surface area contributed by atoms with Crippen LogP contribution in [0.3, 0.4) is 0 Å². The second-order valence-corrected chi connectivity index (χ2v) is 6.27. The number of sulfonamides is 1. The smallest absolute Gasteiger partial charge is 0.207 e. The van der Waals surface area contributed by atoms with Crippen LogP contribution in [0.1, 0.15) is 5.69 Å². The van der Waals surface area contributed by atoms with E-state index in [2.05, 4.69) is 30.8 Å². The minimum atomic E-state index is -3.92. The molecule has 2 rings (SSSR count). The number of hydrogen-bond donors (Lipinski definition) is 1. The van der Waals surface area contributed by atoms with Gasteiger partial charge >= 0.3 is 0 Å². The lowest BCUT2D eigenvalue weighted by Gasteiger charge is -2.07. The van der Waals surface area contributed by atoms with Crippen molar-refractivity contribution >= 4 is 26.0 Å². The van der Waals surface area contributed by atoms with Crippen LogP contribution in [0, 0.1) is 5.82 Å². The van der Waals surface area contributed by atoms with E-state index in [1.165, 1.54) is 18.3 Å². The number of benzene rings is 1. The Morgan fingerprint density at radius 1 is 1.32 bits per heavy atom. The summed E-state index contributed by atoms with van der Waals surface area (Å²) >= 11 is 3.07. The first-order chi connectivity index (χ1) is 8.99. The topological polar surface area (TPSA) is 72.0 Å². The molecular weight excluding hydrogens is 337 g/mol. The molecule has 0 radical (unpaired) electrons. The van der Waals surface area contributed by atoms with Crippen LogP contribution in [0.15, 0.2) is 45.9 Å². The minimum Gasteiger partial charge on any atom is -0.207 e. The van der Waals surface area contributed by atoms with Gasteiger partial charge in [0.15, 0.2) is 0 Å². The van der Waals surface area contributed by atoms with Gasteiger partial charge in [-0.1, -0.05) is 15.9 Å². The normalized spacial score (nSPS) is 11.5. The number of nitrogens with zero attached hydrogens (tertiary/aromatic N) is 2. The zero-order valence-corrected chi connectivity index (χ0v) is 11.9. The molecule has 19 heavy (non-hydrogen) atoms. The summed E-state index contributed by atoms with van der Waals surface area (Å²) in [6, 6.07) is 7.00. The van der Waals surface area contributed by atoms with E-state index in [9.17, 15) is 12.8 Å². The van der Waals surface area contributed by atoms with Gasteiger partial charge in [0.25, 0.3) is 0 Å². The summed E-state index contributed by atoms with van der Waals surface area (Å²) in [7, 11) is -3.92. The van der Waals surface area contributed by atoms with Gasteiger partial charge in [-0.3, -0.25) is 0 Å². The van der Waals surface area contributed by atoms with Crippen LogP contribution < -0.4 is 4.72 Å². The first-order valence-corrected chi connectivity index (χ1v) is 7.48. The molecule has 0 aliphatic heterocycles. The number of aromatic nitrogens is 2. The van der Waals surface area contributed by atoms with Crippen molar-refractivity contribution in [3.8, 4) is 0 Å². The molecule has 0 bridgehead atoms. The maximum absolute atomic E-state index is 13.6. The molecule has 0 aliphatic carbocycles. The Balaban J connectivity index is 2.19. The fourth-order valence-electron chi connectivity index (χ4n) is 1.37. The summed E-state index contributed by atoms with van der Waals surface area (Å²) in [6.45, 7) is -0.0499. The fourth-order valence-corrected chi connectivity index (χ4v) is 2.76. The van der Waals surface area contributed by atoms with Crippen molar-refractivity contribution in [1.29, 1.82) is 0 Å². The number of rotatable bonds is 4. The lowest BCUT2D eigenvalue weighted by Crippen LogP contribution is -2.24. The van der Waals surface area contributed by atoms with Gasteiger partial charge in [-0.15, -0.1) is 0 Å². The van der Waals surface area contributed by atoms with Crippen molar-refractivity contribution < 1.29 is 12.8 Å². The Kier molecular flexibility index (Phi) is 4.23. The van der Waals surface area contributed by atoms with Gasteiger partial charge in [-0.05, 0) is 30.3 Å². The molecule has 2 aromatic rings. The average molecular weight is 346 g/mol. The molecule has 8 heteroatoms. The van der Waals surface area contributed by atoms with Crippen molar-refractivity contribution in [2.45, 2.75) is 11.4 Å². The van der Waals surface area contributed by atoms with E-state index in [4.69, 9.17) is 0 Å². The van der Waals surface area contributed by atoms with Gasteiger partial charge in [0, 0.05) is 10.7 Å². The highest BCUT2D eigenvalue weighted by atomic mass is 79.9. The minimum absolute atomic E-state index is 0.0499. The first kappa shape index (κ1) is 14.0. The zero-order chi connectivity index (χ0) is 13.9. The molecule has 0 fully saturated rings. The van der Waals surface area contributed by atoms with Crippen LogP contribution in [0.4, 0.5) is 4.39 Å². The molecular formula is C11H9BrFN3O2S. The van der Waals surface area contributed by atoms with Gasteiger partial charge in [0.2, 0.25) is 10.0 Å². The average Bonchev–Trinajstić information content (AvgIpc) is 2.37. The Labute approximate surface area is 118 Å². The molecule has 0 aliphatic rings. The van der Waals surface area contributed by atoms with Crippen LogP contribution in [0.5, 0.6) is 0 Å². The summed E-state index contributed by atoms with van der Waals surface area (Å²) in [5.74, 6) is -0.818. The maximum atomic E-state index is 13.6. The van der Waals surface area contributed by atoms with E-state index in [1.807, 2.05) is 0 Å². The van der Waals surface area contributed by atoms with E-state index < -0.39 is 20.7 Å². The van der Waals surface area contributed by atoms with Crippen molar-refractivity contribution in [3.63, 3.8) is 0 Å². The molecule has 0 amide bonds. The molecule has 5 nitrogen and oxygen atoms in total. The molecule has 0 spiro atoms. The largest absolute Gasteiger partial charge is 0.243 e. The molecule has 0 saturated carbocycles. The monoisotopic (exact) mass is 345 g/mol. The summed E-state index contributed by atoms with van der Waals surface area (Å²) in [5.41, 5.74) is 0.448. The molecule has 1 heterocycles. The fraction of sp³-hybridized carbons (Fsp3) is 0.0909. The highest BCUT2D eigenvalue weighted by Crippen LogP contribution is 2.19. The zero-order valence-electron chi connectivity index (χ0n) is 9.55. The van der Waals surface area contributed by atoms with Crippen LogP contribution in [0.2, 0.25) is 0 Å². The number of nitrogens with one attached hydrogen (secondary N) is 1. The van der Waals surface area contributed by atoms with E-state index >= 15 is 0 Å². The van der Waals surface area contributed by atoms with Gasteiger partial charge in [-0.25, -0.2) is 17.5 Å². The van der Waals surface area contributed by atoms with Crippen LogP contribution >= 0.6 is 15.9 Å². The van der Waals surface area contributed by atoms with Gasteiger partial charge < -0.3 is 0 Å². The molecule has 0 saturated heterocycles. The van der Waals surface area contributed by atoms with E-state index in [1.54, 1.807) is 12.1 Å². The SMILES string of the molecule is O=S(=O)(NCc1cccnn1)c1ccc(Br)cc1F. The lowest BCUT2D eigenvalue weighted by atomic mass is 10.3. The third kappa shape index (κ3) is 3.55. The second kappa shape index (κ2) is 5.72. The van der Waals surface area contributed by atoms with E-state index in [0.29, 0.717) is 10.2 Å². The predicted octanol–water partition coefficient (Wildman–Crippen LogP) is 1.86. The highest BCUT2D eigenvalue weighted by Gasteiger charge is 2.18. The molecule has 1 N–H and O–H groups in total. The van der Waals surface area contributed by atoms with Crippen molar-refractivity contribution in [1.82, 2.24) is 14.9 Å². The third-order valence-electron chi connectivity index (χ3n) is 2.25. The Morgan fingerprint density at radius 3 is 2.74 bits per heavy atom. The Hall–Kier alpha value is -1.38. The molecule has 1 aromatic heterocycles. The van der Waals surface area contributed by atoms with Crippen LogP contribution in [0.25, 0.3) is 0 Å². The van der Waals surface area contributed by atoms with Crippen molar-refractivity contribution in [2.75, 3.05) is 0 Å². The summed E-state index contributed by atoms with van der Waals surface area (Å²) in [5, 5.41) is 7.36. The van der Waals surface area contributed by atoms with E-state index in [0.717, 1.165) is 6.07 Å². The summed E-state index contributed by atoms with van der Waals surface area (Å²) in [4.78, 5) is -0.403. The van der Waals surface area contributed by atoms with E-state index in [-0.39, 0.29) is 6.54 Å². The Bertz CT molecular complexity index is 680. The molecule has 1 aromatic carbocycles. The standard InChI is InChI=1S/C11H9BrFN3O2S/c12-8-3-4-11(10(13)6-8)19(17,18)15-7-9-2-1-5-14-16-9/h1-6,15H,7H2. The molecule has 0 unspecified atom stereocenters. The van der Waals surface area contributed by atoms with Crippen molar-refractivity contribution in [2.24, 2.45) is 0 Å². The number of halogens is 2. The predicted molar refractivity (Wildman–Crippen MR) is 70.2 cm³/mol. The van der Waals surface area contributed by atoms with Crippen LogP contribution in [-0.4, -0.2) is 18.6 Å². The first-order valence-electron chi connectivity index (χ1n) is 5.20. The van der Waals surface area contributed by atoms with Gasteiger partial charge in [0.1, 0.15) is 10.7 Å². The number of hydrogen-bond acceptors (Lipinski definition) is 4. The maximum Gasteiger partial charge on any atom is 0.243 e. The van der Waals surface area contributed by atoms with Gasteiger partial charge in [0.05, 0.1) is 12.2 Å². The molecule has 0 atom stereocenters. The highest BCUT2D eigenvalue weighted by molar-refractivity contribution is 9.10. The van der Waals surface area contributed by atoms with Crippen molar-refractivity contribution in [3.05, 3.63) is 52.5 Å². The third-order valence-corrected chi connectivity index (χ3v) is 4.18.